The van der Waals surface area contributed by atoms with Crippen LogP contribution in [-0.2, 0) is 10.0 Å². The Labute approximate surface area is 138 Å². The minimum atomic E-state index is -3.86. The van der Waals surface area contributed by atoms with Gasteiger partial charge in [0, 0.05) is 5.56 Å². The fourth-order valence-electron chi connectivity index (χ4n) is 2.50. The van der Waals surface area contributed by atoms with Crippen molar-refractivity contribution < 1.29 is 12.8 Å². The Morgan fingerprint density at radius 3 is 2.46 bits per heavy atom. The smallest absolute Gasteiger partial charge is 0.262 e. The Balaban J connectivity index is 2.02. The van der Waals surface area contributed by atoms with Crippen molar-refractivity contribution in [2.45, 2.75) is 18.7 Å². The van der Waals surface area contributed by atoms with Gasteiger partial charge in [0.25, 0.3) is 15.6 Å². The number of rotatable bonds is 3. The van der Waals surface area contributed by atoms with Gasteiger partial charge in [-0.15, -0.1) is 0 Å². The number of aromatic nitrogens is 1. The number of aryl methyl sites for hydroxylation is 2. The molecule has 1 aromatic heterocycles. The van der Waals surface area contributed by atoms with Gasteiger partial charge in [-0.05, 0) is 61.2 Å². The van der Waals surface area contributed by atoms with Crippen LogP contribution < -0.4 is 10.3 Å². The summed E-state index contributed by atoms with van der Waals surface area (Å²) in [7, 11) is -3.86. The fraction of sp³-hybridized carbons (Fsp3) is 0.118. The number of sulfonamides is 1. The number of pyridine rings is 1. The second kappa shape index (κ2) is 5.76. The van der Waals surface area contributed by atoms with Crippen LogP contribution in [0.15, 0.2) is 52.2 Å². The third kappa shape index (κ3) is 3.03. The van der Waals surface area contributed by atoms with Gasteiger partial charge >= 0.3 is 0 Å². The van der Waals surface area contributed by atoms with E-state index in [9.17, 15) is 17.6 Å². The molecule has 0 fully saturated rings. The zero-order chi connectivity index (χ0) is 17.5. The lowest BCUT2D eigenvalue weighted by molar-refractivity contribution is 0.598. The summed E-state index contributed by atoms with van der Waals surface area (Å²) in [5.74, 6) is -0.495. The van der Waals surface area contributed by atoms with Crippen molar-refractivity contribution in [3.05, 3.63) is 69.8 Å². The highest BCUT2D eigenvalue weighted by molar-refractivity contribution is 7.92. The number of fused-ring (bicyclic) bond motifs is 1. The van der Waals surface area contributed by atoms with E-state index >= 15 is 0 Å². The van der Waals surface area contributed by atoms with Crippen molar-refractivity contribution >= 4 is 26.6 Å². The molecule has 0 aliphatic carbocycles. The van der Waals surface area contributed by atoms with Gasteiger partial charge in [-0.25, -0.2) is 12.8 Å². The van der Waals surface area contributed by atoms with Crippen LogP contribution in [0.3, 0.4) is 0 Å². The predicted molar refractivity (Wildman–Crippen MR) is 91.3 cm³/mol. The zero-order valence-corrected chi connectivity index (χ0v) is 13.9. The minimum absolute atomic E-state index is 0.00129. The Hall–Kier alpha value is -2.67. The number of benzene rings is 2. The molecule has 3 rings (SSSR count). The van der Waals surface area contributed by atoms with E-state index in [-0.39, 0.29) is 10.5 Å². The lowest BCUT2D eigenvalue weighted by atomic mass is 10.1. The lowest BCUT2D eigenvalue weighted by Gasteiger charge is -2.11. The maximum absolute atomic E-state index is 13.2. The first-order chi connectivity index (χ1) is 11.3. The first-order valence-electron chi connectivity index (χ1n) is 7.19. The van der Waals surface area contributed by atoms with Gasteiger partial charge in [-0.3, -0.25) is 9.52 Å². The molecule has 0 saturated carbocycles. The van der Waals surface area contributed by atoms with Crippen molar-refractivity contribution in [1.82, 2.24) is 4.98 Å². The van der Waals surface area contributed by atoms with E-state index in [4.69, 9.17) is 0 Å². The number of hydrogen-bond donors (Lipinski definition) is 2. The van der Waals surface area contributed by atoms with E-state index in [0.717, 1.165) is 17.5 Å². The third-order valence-electron chi connectivity index (χ3n) is 3.71. The quantitative estimate of drug-likeness (QED) is 0.765. The Morgan fingerprint density at radius 1 is 1.00 bits per heavy atom. The number of H-pyrrole nitrogens is 1. The molecule has 0 atom stereocenters. The summed E-state index contributed by atoms with van der Waals surface area (Å²) in [4.78, 5) is 14.4. The van der Waals surface area contributed by atoms with Gasteiger partial charge in [-0.2, -0.15) is 0 Å². The van der Waals surface area contributed by atoms with E-state index in [0.29, 0.717) is 22.3 Å². The molecular weight excluding hydrogens is 331 g/mol. The zero-order valence-electron chi connectivity index (χ0n) is 13.1. The molecular formula is C17H15FN2O3S. The van der Waals surface area contributed by atoms with E-state index in [1.54, 1.807) is 31.2 Å². The molecule has 0 amide bonds. The molecule has 0 saturated heterocycles. The summed E-state index contributed by atoms with van der Waals surface area (Å²) in [6, 6.07) is 10.1. The van der Waals surface area contributed by atoms with Crippen LogP contribution in [0.4, 0.5) is 10.1 Å². The number of anilines is 1. The van der Waals surface area contributed by atoms with Crippen LogP contribution >= 0.6 is 0 Å². The highest BCUT2D eigenvalue weighted by atomic mass is 32.2. The summed E-state index contributed by atoms with van der Waals surface area (Å²) < 4.78 is 40.6. The molecule has 0 aliphatic rings. The Bertz CT molecular complexity index is 1100. The standard InChI is InChI=1S/C17H15FN2O3S/c1-10-8-13(18)4-6-16(10)24(22,23)20-14-5-3-12-7-11(2)17(21)19-15(12)9-14/h3-9,20H,1-2H3,(H,19,21). The topological polar surface area (TPSA) is 79.0 Å². The SMILES string of the molecule is Cc1cc(F)ccc1S(=O)(=O)Nc1ccc2cc(C)c(=O)[nH]c2c1. The molecule has 7 heteroatoms. The summed E-state index contributed by atoms with van der Waals surface area (Å²) in [5, 5.41) is 0.799. The second-order valence-electron chi connectivity index (χ2n) is 5.60. The van der Waals surface area contributed by atoms with Crippen molar-refractivity contribution in [3.63, 3.8) is 0 Å². The van der Waals surface area contributed by atoms with Crippen molar-refractivity contribution in [1.29, 1.82) is 0 Å². The maximum atomic E-state index is 13.2. The van der Waals surface area contributed by atoms with Crippen LogP contribution in [0.5, 0.6) is 0 Å². The molecule has 0 bridgehead atoms. The van der Waals surface area contributed by atoms with Gasteiger partial charge in [0.05, 0.1) is 16.1 Å². The maximum Gasteiger partial charge on any atom is 0.262 e. The summed E-state index contributed by atoms with van der Waals surface area (Å²) in [6.45, 7) is 3.23. The van der Waals surface area contributed by atoms with Crippen molar-refractivity contribution in [3.8, 4) is 0 Å². The fourth-order valence-corrected chi connectivity index (χ4v) is 3.78. The van der Waals surface area contributed by atoms with Crippen molar-refractivity contribution in [2.24, 2.45) is 0 Å². The highest BCUT2D eigenvalue weighted by Gasteiger charge is 2.17. The minimum Gasteiger partial charge on any atom is -0.322 e. The summed E-state index contributed by atoms with van der Waals surface area (Å²) in [5.41, 5.74) is 1.51. The van der Waals surface area contributed by atoms with Gasteiger partial charge in [0.15, 0.2) is 0 Å². The molecule has 2 N–H and O–H groups in total. The van der Waals surface area contributed by atoms with Crippen molar-refractivity contribution in [2.75, 3.05) is 4.72 Å². The van der Waals surface area contributed by atoms with Crippen LogP contribution in [0.2, 0.25) is 0 Å². The number of halogens is 1. The molecule has 1 heterocycles. The summed E-state index contributed by atoms with van der Waals surface area (Å²) in [6.07, 6.45) is 0. The van der Waals surface area contributed by atoms with Crippen LogP contribution in [0.1, 0.15) is 11.1 Å². The van der Waals surface area contributed by atoms with Gasteiger partial charge in [0.1, 0.15) is 5.82 Å². The molecule has 24 heavy (non-hydrogen) atoms. The first-order valence-corrected chi connectivity index (χ1v) is 8.67. The van der Waals surface area contributed by atoms with Crippen LogP contribution in [-0.4, -0.2) is 13.4 Å². The third-order valence-corrected chi connectivity index (χ3v) is 5.25. The highest BCUT2D eigenvalue weighted by Crippen LogP contribution is 2.22. The van der Waals surface area contributed by atoms with E-state index in [1.165, 1.54) is 13.0 Å². The van der Waals surface area contributed by atoms with Gasteiger partial charge < -0.3 is 4.98 Å². The van der Waals surface area contributed by atoms with Gasteiger partial charge in [0.2, 0.25) is 0 Å². The predicted octanol–water partition coefficient (Wildman–Crippen LogP) is 3.08. The normalized spacial score (nSPS) is 11.6. The molecule has 0 unspecified atom stereocenters. The molecule has 0 aliphatic heterocycles. The second-order valence-corrected chi connectivity index (χ2v) is 7.25. The summed E-state index contributed by atoms with van der Waals surface area (Å²) >= 11 is 0. The molecule has 2 aromatic carbocycles. The molecule has 5 nitrogen and oxygen atoms in total. The van der Waals surface area contributed by atoms with Crippen LogP contribution in [0.25, 0.3) is 10.9 Å². The molecule has 0 spiro atoms. The molecule has 124 valence electrons. The molecule has 0 radical (unpaired) electrons. The average molecular weight is 346 g/mol. The largest absolute Gasteiger partial charge is 0.322 e. The van der Waals surface area contributed by atoms with E-state index in [2.05, 4.69) is 9.71 Å². The number of aromatic amines is 1. The lowest BCUT2D eigenvalue weighted by Crippen LogP contribution is -2.14. The Morgan fingerprint density at radius 2 is 1.75 bits per heavy atom. The average Bonchev–Trinajstić information content (AvgIpc) is 2.48. The molecule has 3 aromatic rings. The first kappa shape index (κ1) is 16.2. The Kier molecular flexibility index (Phi) is 3.88. The van der Waals surface area contributed by atoms with Crippen LogP contribution in [0, 0.1) is 19.7 Å². The van der Waals surface area contributed by atoms with E-state index in [1.807, 2.05) is 0 Å². The number of hydrogen-bond acceptors (Lipinski definition) is 3. The van der Waals surface area contributed by atoms with Gasteiger partial charge in [-0.1, -0.05) is 6.07 Å². The monoisotopic (exact) mass is 346 g/mol. The van der Waals surface area contributed by atoms with E-state index < -0.39 is 15.8 Å². The number of nitrogens with one attached hydrogen (secondary N) is 2.